The van der Waals surface area contributed by atoms with Gasteiger partial charge in [-0.15, -0.1) is 0 Å². The highest BCUT2D eigenvalue weighted by molar-refractivity contribution is 6.08. The van der Waals surface area contributed by atoms with Crippen LogP contribution in [0.4, 0.5) is 0 Å². The smallest absolute Gasteiger partial charge is 0.213 e. The standard InChI is InChI=1S/C32H39N3O4/c1-35-29-13-14-33-22-28(29)27-11-9-23(18-30(27)35)24-10-12-31(34-21-24)39-26-19-25(20-26)36-15-5-2-3-6-16-37-32-8-4-7-17-38-32/h9-14,18,21-22,25-26,32H,2-8,15-17,19-20H2,1H3/t25-,26-,32?. The summed E-state index contributed by atoms with van der Waals surface area (Å²) in [7, 11) is 2.10. The van der Waals surface area contributed by atoms with Crippen LogP contribution < -0.4 is 4.74 Å². The molecule has 3 aromatic heterocycles. The Morgan fingerprint density at radius 2 is 1.69 bits per heavy atom. The number of hydrogen-bond acceptors (Lipinski definition) is 6. The Hall–Kier alpha value is -3.00. The van der Waals surface area contributed by atoms with Crippen molar-refractivity contribution >= 4 is 21.8 Å². The van der Waals surface area contributed by atoms with Crippen LogP contribution in [0.3, 0.4) is 0 Å². The summed E-state index contributed by atoms with van der Waals surface area (Å²) in [5.74, 6) is 0.680. The molecule has 0 N–H and O–H groups in total. The summed E-state index contributed by atoms with van der Waals surface area (Å²) in [6, 6.07) is 12.7. The lowest BCUT2D eigenvalue weighted by atomic mass is 9.92. The first-order valence-corrected chi connectivity index (χ1v) is 14.5. The van der Waals surface area contributed by atoms with Crippen molar-refractivity contribution in [3.05, 3.63) is 55.0 Å². The van der Waals surface area contributed by atoms with Gasteiger partial charge in [0.25, 0.3) is 0 Å². The first-order valence-electron chi connectivity index (χ1n) is 14.5. The van der Waals surface area contributed by atoms with Crippen LogP contribution in [0.15, 0.2) is 55.0 Å². The molecule has 1 saturated heterocycles. The Kier molecular flexibility index (Phi) is 8.38. The van der Waals surface area contributed by atoms with E-state index in [-0.39, 0.29) is 12.4 Å². The number of pyridine rings is 2. The average molecular weight is 530 g/mol. The SMILES string of the molecule is Cn1c2ccncc2c2ccc(-c3ccc(O[C@H]4C[C@H](OCCCCCCOC5CCCCO5)C4)nc3)cc21. The summed E-state index contributed by atoms with van der Waals surface area (Å²) in [5.41, 5.74) is 4.60. The summed E-state index contributed by atoms with van der Waals surface area (Å²) in [4.78, 5) is 8.89. The van der Waals surface area contributed by atoms with Gasteiger partial charge in [0.15, 0.2) is 6.29 Å². The molecule has 4 heterocycles. The van der Waals surface area contributed by atoms with E-state index in [1.165, 1.54) is 47.5 Å². The molecule has 0 radical (unpaired) electrons. The van der Waals surface area contributed by atoms with Gasteiger partial charge in [0.1, 0.15) is 6.10 Å². The molecule has 1 aromatic carbocycles. The molecule has 1 aliphatic heterocycles. The highest BCUT2D eigenvalue weighted by atomic mass is 16.7. The summed E-state index contributed by atoms with van der Waals surface area (Å²) < 4.78 is 25.8. The van der Waals surface area contributed by atoms with Crippen LogP contribution in [-0.2, 0) is 21.3 Å². The Balaban J connectivity index is 0.892. The molecule has 4 aromatic rings. The van der Waals surface area contributed by atoms with Crippen LogP contribution in [-0.4, -0.2) is 52.9 Å². The zero-order valence-corrected chi connectivity index (χ0v) is 22.9. The van der Waals surface area contributed by atoms with E-state index in [9.17, 15) is 0 Å². The molecule has 1 unspecified atom stereocenters. The van der Waals surface area contributed by atoms with Gasteiger partial charge >= 0.3 is 0 Å². The lowest BCUT2D eigenvalue weighted by Gasteiger charge is -2.34. The van der Waals surface area contributed by atoms with Crippen LogP contribution in [0.5, 0.6) is 5.88 Å². The van der Waals surface area contributed by atoms with E-state index in [4.69, 9.17) is 18.9 Å². The van der Waals surface area contributed by atoms with Crippen molar-refractivity contribution < 1.29 is 18.9 Å². The van der Waals surface area contributed by atoms with Crippen molar-refractivity contribution in [3.8, 4) is 17.0 Å². The summed E-state index contributed by atoms with van der Waals surface area (Å²) in [6.07, 6.45) is 16.1. The Morgan fingerprint density at radius 3 is 2.49 bits per heavy atom. The van der Waals surface area contributed by atoms with E-state index < -0.39 is 0 Å². The molecule has 39 heavy (non-hydrogen) atoms. The second kappa shape index (κ2) is 12.5. The molecule has 6 rings (SSSR count). The number of nitrogens with zero attached hydrogens (tertiary/aromatic N) is 3. The predicted octanol–water partition coefficient (Wildman–Crippen LogP) is 6.82. The zero-order valence-electron chi connectivity index (χ0n) is 22.9. The lowest BCUT2D eigenvalue weighted by molar-refractivity contribution is -0.162. The van der Waals surface area contributed by atoms with Crippen molar-refractivity contribution in [3.63, 3.8) is 0 Å². The fourth-order valence-corrected chi connectivity index (χ4v) is 5.64. The fraction of sp³-hybridized carbons (Fsp3) is 0.500. The number of unbranched alkanes of at least 4 members (excludes halogenated alkanes) is 3. The number of hydrogen-bond donors (Lipinski definition) is 0. The van der Waals surface area contributed by atoms with Gasteiger partial charge < -0.3 is 23.5 Å². The monoisotopic (exact) mass is 529 g/mol. The maximum atomic E-state index is 6.10. The molecule has 1 atom stereocenters. The van der Waals surface area contributed by atoms with Gasteiger partial charge in [-0.1, -0.05) is 25.0 Å². The van der Waals surface area contributed by atoms with Crippen molar-refractivity contribution in [2.45, 2.75) is 76.3 Å². The van der Waals surface area contributed by atoms with Gasteiger partial charge in [-0.25, -0.2) is 4.98 Å². The molecule has 0 spiro atoms. The van der Waals surface area contributed by atoms with Gasteiger partial charge in [-0.2, -0.15) is 0 Å². The second-order valence-corrected chi connectivity index (χ2v) is 10.9. The molecule has 7 nitrogen and oxygen atoms in total. The topological polar surface area (TPSA) is 67.6 Å². The number of benzene rings is 1. The highest BCUT2D eigenvalue weighted by Gasteiger charge is 2.31. The third-order valence-corrected chi connectivity index (χ3v) is 8.05. The van der Waals surface area contributed by atoms with Gasteiger partial charge in [-0.05, 0) is 55.9 Å². The molecule has 2 aliphatic rings. The molecule has 7 heteroatoms. The van der Waals surface area contributed by atoms with E-state index in [0.717, 1.165) is 63.1 Å². The van der Waals surface area contributed by atoms with Crippen molar-refractivity contribution in [1.82, 2.24) is 14.5 Å². The molecular weight excluding hydrogens is 490 g/mol. The van der Waals surface area contributed by atoms with Crippen LogP contribution in [0.2, 0.25) is 0 Å². The maximum absolute atomic E-state index is 6.10. The molecular formula is C32H39N3O4. The number of aryl methyl sites for hydroxylation is 1. The van der Waals surface area contributed by atoms with E-state index in [0.29, 0.717) is 12.0 Å². The highest BCUT2D eigenvalue weighted by Crippen LogP contribution is 2.32. The van der Waals surface area contributed by atoms with E-state index >= 15 is 0 Å². The Bertz CT molecular complexity index is 1360. The van der Waals surface area contributed by atoms with E-state index in [1.807, 2.05) is 24.7 Å². The van der Waals surface area contributed by atoms with Crippen LogP contribution >= 0.6 is 0 Å². The predicted molar refractivity (Wildman–Crippen MR) is 153 cm³/mol. The number of aromatic nitrogens is 3. The van der Waals surface area contributed by atoms with Crippen molar-refractivity contribution in [2.24, 2.45) is 7.05 Å². The third kappa shape index (κ3) is 6.26. The largest absolute Gasteiger partial charge is 0.474 e. The maximum Gasteiger partial charge on any atom is 0.213 e. The number of ether oxygens (including phenoxy) is 4. The average Bonchev–Trinajstić information content (AvgIpc) is 3.25. The summed E-state index contributed by atoms with van der Waals surface area (Å²) in [6.45, 7) is 2.48. The quantitative estimate of drug-likeness (QED) is 0.188. The van der Waals surface area contributed by atoms with Gasteiger partial charge in [0.2, 0.25) is 5.88 Å². The zero-order chi connectivity index (χ0) is 26.4. The van der Waals surface area contributed by atoms with Crippen molar-refractivity contribution in [1.29, 1.82) is 0 Å². The Labute approximate surface area is 230 Å². The minimum absolute atomic E-state index is 0.0351. The summed E-state index contributed by atoms with van der Waals surface area (Å²) >= 11 is 0. The van der Waals surface area contributed by atoms with E-state index in [1.54, 1.807) is 0 Å². The summed E-state index contributed by atoms with van der Waals surface area (Å²) in [5, 5.41) is 2.39. The third-order valence-electron chi connectivity index (χ3n) is 8.05. The van der Waals surface area contributed by atoms with Crippen LogP contribution in [0.25, 0.3) is 32.9 Å². The minimum atomic E-state index is 0.0351. The van der Waals surface area contributed by atoms with E-state index in [2.05, 4.69) is 51.9 Å². The van der Waals surface area contributed by atoms with Crippen molar-refractivity contribution in [2.75, 3.05) is 19.8 Å². The second-order valence-electron chi connectivity index (χ2n) is 10.9. The first-order chi connectivity index (χ1) is 19.2. The molecule has 0 bridgehead atoms. The number of fused-ring (bicyclic) bond motifs is 3. The number of rotatable bonds is 12. The Morgan fingerprint density at radius 1 is 0.846 bits per heavy atom. The molecule has 1 saturated carbocycles. The molecule has 206 valence electrons. The normalized spacial score (nSPS) is 21.3. The molecule has 1 aliphatic carbocycles. The molecule has 0 amide bonds. The van der Waals surface area contributed by atoms with Gasteiger partial charge in [-0.3, -0.25) is 4.98 Å². The minimum Gasteiger partial charge on any atom is -0.474 e. The van der Waals surface area contributed by atoms with Crippen LogP contribution in [0, 0.1) is 0 Å². The van der Waals surface area contributed by atoms with Gasteiger partial charge in [0.05, 0.1) is 11.6 Å². The molecule has 2 fully saturated rings. The lowest BCUT2D eigenvalue weighted by Crippen LogP contribution is -2.39. The fourth-order valence-electron chi connectivity index (χ4n) is 5.64. The first kappa shape index (κ1) is 26.2. The van der Waals surface area contributed by atoms with Gasteiger partial charge in [0, 0.05) is 86.2 Å². The van der Waals surface area contributed by atoms with Crippen LogP contribution in [0.1, 0.15) is 57.8 Å².